The summed E-state index contributed by atoms with van der Waals surface area (Å²) in [5, 5.41) is 0. The summed E-state index contributed by atoms with van der Waals surface area (Å²) in [6.07, 6.45) is 0. The molecule has 0 aliphatic carbocycles. The number of methoxy groups -OCH3 is 3. The van der Waals surface area contributed by atoms with Gasteiger partial charge >= 0.3 is 5.97 Å². The number of nitrogens with zero attached hydrogens (tertiary/aromatic N) is 2. The molecule has 27 heavy (non-hydrogen) atoms. The van der Waals surface area contributed by atoms with Gasteiger partial charge in [-0.3, -0.25) is 9.59 Å². The highest BCUT2D eigenvalue weighted by molar-refractivity contribution is 5.95. The van der Waals surface area contributed by atoms with E-state index in [4.69, 9.17) is 14.2 Å². The van der Waals surface area contributed by atoms with E-state index in [2.05, 4.69) is 18.7 Å². The standard InChI is InChI=1S/C20H32N2O5/c1-7-21(8-2)9-10-22(14-15(3)20(24)27-6)19(23)16-11-17(25-4)13-18(12-16)26-5/h11-13,15H,7-10,14H2,1-6H3. The van der Waals surface area contributed by atoms with E-state index in [0.29, 0.717) is 23.6 Å². The summed E-state index contributed by atoms with van der Waals surface area (Å²) in [5.74, 6) is 0.168. The molecule has 0 saturated carbocycles. The SMILES string of the molecule is CCN(CC)CCN(CC(C)C(=O)OC)C(=O)c1cc(OC)cc(OC)c1. The lowest BCUT2D eigenvalue weighted by Crippen LogP contribution is -2.42. The maximum atomic E-state index is 13.2. The summed E-state index contributed by atoms with van der Waals surface area (Å²) in [6.45, 7) is 9.26. The van der Waals surface area contributed by atoms with Crippen LogP contribution in [0.3, 0.4) is 0 Å². The zero-order valence-electron chi connectivity index (χ0n) is 17.3. The monoisotopic (exact) mass is 380 g/mol. The average Bonchev–Trinajstić information content (AvgIpc) is 2.71. The van der Waals surface area contributed by atoms with Crippen molar-refractivity contribution in [3.8, 4) is 11.5 Å². The van der Waals surface area contributed by atoms with Gasteiger partial charge in [-0.05, 0) is 25.2 Å². The number of hydrogen-bond donors (Lipinski definition) is 0. The van der Waals surface area contributed by atoms with E-state index in [1.54, 1.807) is 44.2 Å². The summed E-state index contributed by atoms with van der Waals surface area (Å²) in [4.78, 5) is 28.9. The second-order valence-corrected chi connectivity index (χ2v) is 6.30. The molecule has 1 amide bonds. The van der Waals surface area contributed by atoms with Crippen LogP contribution in [0.25, 0.3) is 0 Å². The normalized spacial score (nSPS) is 11.8. The first kappa shape index (κ1) is 22.8. The van der Waals surface area contributed by atoms with Crippen LogP contribution < -0.4 is 9.47 Å². The first-order valence-corrected chi connectivity index (χ1v) is 9.22. The molecule has 0 N–H and O–H groups in total. The molecular formula is C20H32N2O5. The molecule has 0 bridgehead atoms. The van der Waals surface area contributed by atoms with Crippen LogP contribution in [0.4, 0.5) is 0 Å². The second kappa shape index (κ2) is 11.4. The molecule has 0 aliphatic rings. The van der Waals surface area contributed by atoms with Crippen LogP contribution in [0.15, 0.2) is 18.2 Å². The molecule has 0 spiro atoms. The Hall–Kier alpha value is -2.28. The van der Waals surface area contributed by atoms with E-state index in [9.17, 15) is 9.59 Å². The van der Waals surface area contributed by atoms with Crippen molar-refractivity contribution < 1.29 is 23.8 Å². The summed E-state index contributed by atoms with van der Waals surface area (Å²) >= 11 is 0. The third-order valence-corrected chi connectivity index (χ3v) is 4.56. The van der Waals surface area contributed by atoms with Crippen LogP contribution in [0.1, 0.15) is 31.1 Å². The van der Waals surface area contributed by atoms with Gasteiger partial charge in [0.05, 0.1) is 27.2 Å². The van der Waals surface area contributed by atoms with Gasteiger partial charge < -0.3 is 24.0 Å². The molecule has 7 nitrogen and oxygen atoms in total. The maximum absolute atomic E-state index is 13.2. The first-order chi connectivity index (χ1) is 12.9. The highest BCUT2D eigenvalue weighted by atomic mass is 16.5. The topological polar surface area (TPSA) is 68.3 Å². The Morgan fingerprint density at radius 2 is 1.52 bits per heavy atom. The predicted octanol–water partition coefficient (Wildman–Crippen LogP) is 2.30. The van der Waals surface area contributed by atoms with Crippen molar-refractivity contribution >= 4 is 11.9 Å². The molecule has 1 unspecified atom stereocenters. The quantitative estimate of drug-likeness (QED) is 0.549. The van der Waals surface area contributed by atoms with Crippen LogP contribution >= 0.6 is 0 Å². The minimum absolute atomic E-state index is 0.171. The van der Waals surface area contributed by atoms with Crippen molar-refractivity contribution in [2.75, 3.05) is 54.1 Å². The Kier molecular flexibility index (Phi) is 9.64. The number of ether oxygens (including phenoxy) is 3. The molecule has 1 rings (SSSR count). The molecule has 1 aromatic rings. The number of benzene rings is 1. The molecule has 0 heterocycles. The first-order valence-electron chi connectivity index (χ1n) is 9.22. The molecule has 0 aromatic heterocycles. The molecule has 0 fully saturated rings. The van der Waals surface area contributed by atoms with Gasteiger partial charge in [0.15, 0.2) is 0 Å². The molecule has 0 aliphatic heterocycles. The van der Waals surface area contributed by atoms with E-state index in [1.165, 1.54) is 7.11 Å². The van der Waals surface area contributed by atoms with Crippen molar-refractivity contribution in [3.63, 3.8) is 0 Å². The predicted molar refractivity (Wildman–Crippen MR) is 104 cm³/mol. The maximum Gasteiger partial charge on any atom is 0.310 e. The van der Waals surface area contributed by atoms with Crippen LogP contribution in [0.5, 0.6) is 11.5 Å². The number of carbonyl (C=O) groups is 2. The van der Waals surface area contributed by atoms with Gasteiger partial charge in [0.2, 0.25) is 0 Å². The van der Waals surface area contributed by atoms with E-state index in [-0.39, 0.29) is 18.4 Å². The van der Waals surface area contributed by atoms with E-state index in [1.807, 2.05) is 0 Å². The number of hydrogen-bond acceptors (Lipinski definition) is 6. The van der Waals surface area contributed by atoms with Crippen LogP contribution in [-0.4, -0.2) is 75.7 Å². The van der Waals surface area contributed by atoms with Crippen molar-refractivity contribution in [3.05, 3.63) is 23.8 Å². The van der Waals surface area contributed by atoms with Crippen LogP contribution in [0.2, 0.25) is 0 Å². The number of likely N-dealkylation sites (N-methyl/N-ethyl adjacent to an activating group) is 1. The van der Waals surface area contributed by atoms with Gasteiger partial charge in [-0.2, -0.15) is 0 Å². The summed E-state index contributed by atoms with van der Waals surface area (Å²) in [7, 11) is 4.44. The molecule has 1 aromatic carbocycles. The third-order valence-electron chi connectivity index (χ3n) is 4.56. The molecular weight excluding hydrogens is 348 g/mol. The van der Waals surface area contributed by atoms with E-state index < -0.39 is 5.92 Å². The Morgan fingerprint density at radius 3 is 1.96 bits per heavy atom. The zero-order chi connectivity index (χ0) is 20.4. The molecule has 1 atom stereocenters. The van der Waals surface area contributed by atoms with E-state index >= 15 is 0 Å². The fourth-order valence-corrected chi connectivity index (χ4v) is 2.80. The smallest absolute Gasteiger partial charge is 0.310 e. The highest BCUT2D eigenvalue weighted by Gasteiger charge is 2.23. The van der Waals surface area contributed by atoms with Gasteiger partial charge in [0.1, 0.15) is 11.5 Å². The van der Waals surface area contributed by atoms with Gasteiger partial charge in [-0.1, -0.05) is 20.8 Å². The lowest BCUT2D eigenvalue weighted by molar-refractivity contribution is -0.145. The van der Waals surface area contributed by atoms with Crippen molar-refractivity contribution in [2.45, 2.75) is 20.8 Å². The summed E-state index contributed by atoms with van der Waals surface area (Å²) < 4.78 is 15.3. The summed E-state index contributed by atoms with van der Waals surface area (Å²) in [6, 6.07) is 5.07. The average molecular weight is 380 g/mol. The Labute approximate surface area is 162 Å². The van der Waals surface area contributed by atoms with Crippen molar-refractivity contribution in [1.82, 2.24) is 9.80 Å². The lowest BCUT2D eigenvalue weighted by Gasteiger charge is -2.28. The molecule has 152 valence electrons. The Morgan fingerprint density at radius 1 is 0.963 bits per heavy atom. The highest BCUT2D eigenvalue weighted by Crippen LogP contribution is 2.23. The number of amides is 1. The van der Waals surface area contributed by atoms with Crippen molar-refractivity contribution in [2.24, 2.45) is 5.92 Å². The molecule has 7 heteroatoms. The lowest BCUT2D eigenvalue weighted by atomic mass is 10.1. The van der Waals surface area contributed by atoms with E-state index in [0.717, 1.165) is 19.6 Å². The van der Waals surface area contributed by atoms with Crippen LogP contribution in [0, 0.1) is 5.92 Å². The van der Waals surface area contributed by atoms with Gasteiger partial charge in [-0.25, -0.2) is 0 Å². The van der Waals surface area contributed by atoms with Gasteiger partial charge in [-0.15, -0.1) is 0 Å². The number of esters is 1. The van der Waals surface area contributed by atoms with Crippen LogP contribution in [-0.2, 0) is 9.53 Å². The number of carbonyl (C=O) groups excluding carboxylic acids is 2. The Balaban J connectivity index is 3.08. The fourth-order valence-electron chi connectivity index (χ4n) is 2.80. The van der Waals surface area contributed by atoms with Gasteiger partial charge in [0, 0.05) is 31.3 Å². The second-order valence-electron chi connectivity index (χ2n) is 6.30. The fraction of sp³-hybridized carbons (Fsp3) is 0.600. The minimum atomic E-state index is -0.414. The number of rotatable bonds is 11. The third kappa shape index (κ3) is 6.75. The van der Waals surface area contributed by atoms with Crippen molar-refractivity contribution in [1.29, 1.82) is 0 Å². The Bertz CT molecular complexity index is 594. The summed E-state index contributed by atoms with van der Waals surface area (Å²) in [5.41, 5.74) is 0.461. The largest absolute Gasteiger partial charge is 0.497 e. The van der Waals surface area contributed by atoms with Gasteiger partial charge in [0.25, 0.3) is 5.91 Å². The molecule has 0 saturated heterocycles. The minimum Gasteiger partial charge on any atom is -0.497 e. The zero-order valence-corrected chi connectivity index (χ0v) is 17.3. The molecule has 0 radical (unpaired) electrons.